The highest BCUT2D eigenvalue weighted by atomic mass is 35.5. The van der Waals surface area contributed by atoms with E-state index in [0.717, 1.165) is 27.1 Å². The molecule has 0 atom stereocenters. The van der Waals surface area contributed by atoms with Crippen molar-refractivity contribution in [3.63, 3.8) is 0 Å². The first-order valence-electron chi connectivity index (χ1n) is 6.47. The van der Waals surface area contributed by atoms with Gasteiger partial charge in [0.25, 0.3) is 0 Å². The van der Waals surface area contributed by atoms with Crippen molar-refractivity contribution >= 4 is 22.5 Å². The Labute approximate surface area is 122 Å². The van der Waals surface area contributed by atoms with Crippen LogP contribution in [0.25, 0.3) is 10.9 Å². The second kappa shape index (κ2) is 6.09. The molecular formula is C16H15ClN2O. The second-order valence-electron chi connectivity index (χ2n) is 4.60. The van der Waals surface area contributed by atoms with E-state index in [4.69, 9.17) is 16.4 Å². The van der Waals surface area contributed by atoms with Crippen LogP contribution in [0.2, 0.25) is 5.02 Å². The minimum absolute atomic E-state index is 0.551. The van der Waals surface area contributed by atoms with Gasteiger partial charge in [-0.3, -0.25) is 4.84 Å². The van der Waals surface area contributed by atoms with Crippen molar-refractivity contribution in [1.29, 1.82) is 0 Å². The molecular weight excluding hydrogens is 272 g/mol. The van der Waals surface area contributed by atoms with E-state index in [9.17, 15) is 0 Å². The Morgan fingerprint density at radius 1 is 1.10 bits per heavy atom. The summed E-state index contributed by atoms with van der Waals surface area (Å²) < 4.78 is 0. The maximum absolute atomic E-state index is 5.96. The molecule has 0 saturated heterocycles. The molecule has 0 bridgehead atoms. The average Bonchev–Trinajstić information content (AvgIpc) is 2.87. The molecule has 0 radical (unpaired) electrons. The van der Waals surface area contributed by atoms with Gasteiger partial charge >= 0.3 is 0 Å². The number of hydrogen-bond acceptors (Lipinski definition) is 2. The molecule has 102 valence electrons. The number of fused-ring (bicyclic) bond motifs is 1. The number of benzene rings is 2. The van der Waals surface area contributed by atoms with E-state index in [-0.39, 0.29) is 0 Å². The highest BCUT2D eigenvalue weighted by Gasteiger charge is 2.03. The SMILES string of the molecule is Clc1ccc2c(CNOCc3ccccc3)c[nH]c2c1. The molecule has 0 unspecified atom stereocenters. The van der Waals surface area contributed by atoms with Crippen LogP contribution in [0, 0.1) is 0 Å². The largest absolute Gasteiger partial charge is 0.361 e. The summed E-state index contributed by atoms with van der Waals surface area (Å²) in [4.78, 5) is 8.68. The second-order valence-corrected chi connectivity index (χ2v) is 5.04. The molecule has 0 fully saturated rings. The number of hydroxylamine groups is 1. The zero-order valence-corrected chi connectivity index (χ0v) is 11.7. The van der Waals surface area contributed by atoms with Gasteiger partial charge in [-0.2, -0.15) is 5.48 Å². The Morgan fingerprint density at radius 3 is 2.80 bits per heavy atom. The highest BCUT2D eigenvalue weighted by molar-refractivity contribution is 6.31. The van der Waals surface area contributed by atoms with Crippen LogP contribution in [0.4, 0.5) is 0 Å². The summed E-state index contributed by atoms with van der Waals surface area (Å²) in [5.41, 5.74) is 6.33. The third-order valence-electron chi connectivity index (χ3n) is 3.18. The molecule has 0 aliphatic heterocycles. The average molecular weight is 287 g/mol. The van der Waals surface area contributed by atoms with Crippen LogP contribution in [0.15, 0.2) is 54.7 Å². The normalized spacial score (nSPS) is 11.1. The van der Waals surface area contributed by atoms with Gasteiger partial charge in [0.2, 0.25) is 0 Å². The first-order chi connectivity index (χ1) is 9.83. The van der Waals surface area contributed by atoms with Crippen LogP contribution < -0.4 is 5.48 Å². The molecule has 0 saturated carbocycles. The Bertz CT molecular complexity index is 694. The van der Waals surface area contributed by atoms with Crippen LogP contribution in [0.1, 0.15) is 11.1 Å². The number of aromatic amines is 1. The summed E-state index contributed by atoms with van der Waals surface area (Å²) in [6.45, 7) is 1.20. The Morgan fingerprint density at radius 2 is 1.95 bits per heavy atom. The predicted molar refractivity (Wildman–Crippen MR) is 81.4 cm³/mol. The predicted octanol–water partition coefficient (Wildman–Crippen LogP) is 4.04. The van der Waals surface area contributed by atoms with Crippen molar-refractivity contribution in [2.24, 2.45) is 0 Å². The number of hydrogen-bond donors (Lipinski definition) is 2. The third kappa shape index (κ3) is 3.02. The highest BCUT2D eigenvalue weighted by Crippen LogP contribution is 2.21. The first-order valence-corrected chi connectivity index (χ1v) is 6.85. The van der Waals surface area contributed by atoms with Gasteiger partial charge in [0.05, 0.1) is 6.61 Å². The lowest BCUT2D eigenvalue weighted by Crippen LogP contribution is -2.13. The van der Waals surface area contributed by atoms with E-state index in [1.54, 1.807) is 0 Å². The van der Waals surface area contributed by atoms with Crippen molar-refractivity contribution in [3.05, 3.63) is 70.9 Å². The van der Waals surface area contributed by atoms with Gasteiger partial charge in [0.15, 0.2) is 0 Å². The minimum Gasteiger partial charge on any atom is -0.361 e. The smallest absolute Gasteiger partial charge is 0.0933 e. The van der Waals surface area contributed by atoms with Crippen LogP contribution in [0.3, 0.4) is 0 Å². The summed E-state index contributed by atoms with van der Waals surface area (Å²) in [5.74, 6) is 0. The summed E-state index contributed by atoms with van der Waals surface area (Å²) in [6.07, 6.45) is 1.97. The first kappa shape index (κ1) is 13.2. The van der Waals surface area contributed by atoms with E-state index >= 15 is 0 Å². The molecule has 2 N–H and O–H groups in total. The van der Waals surface area contributed by atoms with Crippen LogP contribution in [-0.2, 0) is 18.0 Å². The maximum Gasteiger partial charge on any atom is 0.0933 e. The molecule has 3 nitrogen and oxygen atoms in total. The summed E-state index contributed by atoms with van der Waals surface area (Å²) in [5, 5.41) is 1.89. The fourth-order valence-corrected chi connectivity index (χ4v) is 2.31. The van der Waals surface area contributed by atoms with Crippen molar-refractivity contribution in [3.8, 4) is 0 Å². The van der Waals surface area contributed by atoms with Gasteiger partial charge in [-0.1, -0.05) is 48.0 Å². The van der Waals surface area contributed by atoms with Gasteiger partial charge in [-0.15, -0.1) is 0 Å². The molecule has 0 aliphatic carbocycles. The molecule has 0 aliphatic rings. The number of H-pyrrole nitrogens is 1. The molecule has 1 heterocycles. The number of halogens is 1. The Hall–Kier alpha value is -1.81. The van der Waals surface area contributed by atoms with Gasteiger partial charge < -0.3 is 4.98 Å². The van der Waals surface area contributed by atoms with E-state index < -0.39 is 0 Å². The molecule has 3 aromatic rings. The third-order valence-corrected chi connectivity index (χ3v) is 3.41. The number of nitrogens with one attached hydrogen (secondary N) is 2. The molecule has 1 aromatic heterocycles. The molecule has 0 amide bonds. The molecule has 2 aromatic carbocycles. The van der Waals surface area contributed by atoms with E-state index in [1.807, 2.05) is 54.7 Å². The van der Waals surface area contributed by atoms with Crippen LogP contribution >= 0.6 is 11.6 Å². The summed E-state index contributed by atoms with van der Waals surface area (Å²) in [6, 6.07) is 15.9. The topological polar surface area (TPSA) is 37.0 Å². The molecule has 0 spiro atoms. The lowest BCUT2D eigenvalue weighted by atomic mass is 10.2. The minimum atomic E-state index is 0.551. The number of aromatic nitrogens is 1. The van der Waals surface area contributed by atoms with Gasteiger partial charge in [0.1, 0.15) is 0 Å². The van der Waals surface area contributed by atoms with Crippen molar-refractivity contribution in [2.45, 2.75) is 13.2 Å². The van der Waals surface area contributed by atoms with E-state index in [0.29, 0.717) is 13.2 Å². The standard InChI is InChI=1S/C16H15ClN2O/c17-14-6-7-15-13(9-18-16(15)8-14)10-19-20-11-12-4-2-1-3-5-12/h1-9,18-19H,10-11H2. The summed E-state index contributed by atoms with van der Waals surface area (Å²) >= 11 is 5.96. The maximum atomic E-state index is 5.96. The fourth-order valence-electron chi connectivity index (χ4n) is 2.14. The molecule has 20 heavy (non-hydrogen) atoms. The van der Waals surface area contributed by atoms with Crippen molar-refractivity contribution < 1.29 is 4.84 Å². The van der Waals surface area contributed by atoms with Gasteiger partial charge in [0, 0.05) is 28.7 Å². The van der Waals surface area contributed by atoms with Crippen molar-refractivity contribution in [2.75, 3.05) is 0 Å². The lowest BCUT2D eigenvalue weighted by Gasteiger charge is -2.05. The van der Waals surface area contributed by atoms with Crippen molar-refractivity contribution in [1.82, 2.24) is 10.5 Å². The molecule has 4 heteroatoms. The van der Waals surface area contributed by atoms with Gasteiger partial charge in [-0.05, 0) is 23.3 Å². The Kier molecular flexibility index (Phi) is 4.02. The van der Waals surface area contributed by atoms with Gasteiger partial charge in [-0.25, -0.2) is 0 Å². The van der Waals surface area contributed by atoms with E-state index in [2.05, 4.69) is 10.5 Å². The van der Waals surface area contributed by atoms with Crippen LogP contribution in [0.5, 0.6) is 0 Å². The Balaban J connectivity index is 1.58. The summed E-state index contributed by atoms with van der Waals surface area (Å²) in [7, 11) is 0. The number of rotatable bonds is 5. The fraction of sp³-hybridized carbons (Fsp3) is 0.125. The monoisotopic (exact) mass is 286 g/mol. The molecule has 3 rings (SSSR count). The van der Waals surface area contributed by atoms with E-state index in [1.165, 1.54) is 0 Å². The zero-order chi connectivity index (χ0) is 13.8. The van der Waals surface area contributed by atoms with Crippen LogP contribution in [-0.4, -0.2) is 4.98 Å². The quantitative estimate of drug-likeness (QED) is 0.548. The zero-order valence-electron chi connectivity index (χ0n) is 10.9. The lowest BCUT2D eigenvalue weighted by molar-refractivity contribution is 0.0237.